The van der Waals surface area contributed by atoms with Gasteiger partial charge in [-0.3, -0.25) is 4.79 Å². The monoisotopic (exact) mass is 367 g/mol. The Bertz CT molecular complexity index is 890. The van der Waals surface area contributed by atoms with E-state index in [2.05, 4.69) is 15.5 Å². The van der Waals surface area contributed by atoms with Gasteiger partial charge in [-0.05, 0) is 38.5 Å². The van der Waals surface area contributed by atoms with Crippen LogP contribution in [0.5, 0.6) is 0 Å². The van der Waals surface area contributed by atoms with Crippen LogP contribution in [0.25, 0.3) is 11.4 Å². The summed E-state index contributed by atoms with van der Waals surface area (Å²) >= 11 is 1.46. The lowest BCUT2D eigenvalue weighted by Crippen LogP contribution is -2.22. The minimum Gasteiger partial charge on any atom is -0.338 e. The van der Waals surface area contributed by atoms with E-state index in [0.717, 1.165) is 16.8 Å². The van der Waals surface area contributed by atoms with Crippen LogP contribution in [0.3, 0.4) is 0 Å². The molecule has 0 bridgehead atoms. The van der Waals surface area contributed by atoms with Crippen LogP contribution in [-0.4, -0.2) is 21.3 Å². The third-order valence-corrected chi connectivity index (χ3v) is 5.02. The number of nitrogens with one attached hydrogen (secondary N) is 1. The van der Waals surface area contributed by atoms with Gasteiger partial charge in [0, 0.05) is 11.3 Å². The molecule has 0 fully saturated rings. The van der Waals surface area contributed by atoms with Crippen molar-refractivity contribution in [1.29, 1.82) is 0 Å². The summed E-state index contributed by atoms with van der Waals surface area (Å²) in [6, 6.07) is 15.7. The molecule has 3 rings (SSSR count). The molecule has 134 valence electrons. The average molecular weight is 367 g/mol. The molecular formula is C20H21N3O2S. The summed E-state index contributed by atoms with van der Waals surface area (Å²) in [5, 5.41) is 6.71. The predicted octanol–water partition coefficient (Wildman–Crippen LogP) is 4.61. The normalized spacial score (nSPS) is 12.0. The Balaban J connectivity index is 1.55. The van der Waals surface area contributed by atoms with E-state index in [1.54, 1.807) is 0 Å². The van der Waals surface area contributed by atoms with Gasteiger partial charge in [0.25, 0.3) is 0 Å². The zero-order valence-electron chi connectivity index (χ0n) is 15.0. The van der Waals surface area contributed by atoms with Gasteiger partial charge < -0.3 is 9.84 Å². The lowest BCUT2D eigenvalue weighted by molar-refractivity contribution is -0.115. The van der Waals surface area contributed by atoms with Crippen LogP contribution < -0.4 is 5.32 Å². The van der Waals surface area contributed by atoms with Crippen molar-refractivity contribution < 1.29 is 9.32 Å². The third-order valence-electron chi connectivity index (χ3n) is 3.89. The smallest absolute Gasteiger partial charge is 0.237 e. The topological polar surface area (TPSA) is 68.0 Å². The van der Waals surface area contributed by atoms with Crippen molar-refractivity contribution >= 4 is 23.4 Å². The first-order valence-corrected chi connectivity index (χ1v) is 9.45. The number of anilines is 1. The Morgan fingerprint density at radius 3 is 2.65 bits per heavy atom. The van der Waals surface area contributed by atoms with E-state index in [0.29, 0.717) is 17.5 Å². The molecule has 0 aliphatic rings. The second-order valence-corrected chi connectivity index (χ2v) is 7.52. The minimum atomic E-state index is -0.231. The molecule has 1 aromatic heterocycles. The molecule has 3 aromatic rings. The van der Waals surface area contributed by atoms with Crippen molar-refractivity contribution in [3.8, 4) is 11.4 Å². The van der Waals surface area contributed by atoms with Crippen molar-refractivity contribution in [3.63, 3.8) is 0 Å². The second-order valence-electron chi connectivity index (χ2n) is 6.19. The molecule has 1 amide bonds. The van der Waals surface area contributed by atoms with Crippen LogP contribution in [0, 0.1) is 13.8 Å². The van der Waals surface area contributed by atoms with Gasteiger partial charge in [-0.2, -0.15) is 4.98 Å². The highest BCUT2D eigenvalue weighted by molar-refractivity contribution is 7.99. The van der Waals surface area contributed by atoms with E-state index in [1.165, 1.54) is 17.3 Å². The Labute approximate surface area is 157 Å². The lowest BCUT2D eigenvalue weighted by Gasteiger charge is -2.11. The summed E-state index contributed by atoms with van der Waals surface area (Å²) in [6.45, 7) is 5.90. The predicted molar refractivity (Wildman–Crippen MR) is 105 cm³/mol. The molecule has 0 aliphatic heterocycles. The summed E-state index contributed by atoms with van der Waals surface area (Å²) in [6.07, 6.45) is 0. The van der Waals surface area contributed by atoms with Gasteiger partial charge in [0.2, 0.25) is 17.6 Å². The number of aromatic nitrogens is 2. The summed E-state index contributed by atoms with van der Waals surface area (Å²) in [7, 11) is 0. The number of rotatable bonds is 6. The van der Waals surface area contributed by atoms with Crippen molar-refractivity contribution in [3.05, 3.63) is 65.5 Å². The number of nitrogens with zero attached hydrogens (tertiary/aromatic N) is 2. The molecule has 5 nitrogen and oxygen atoms in total. The van der Waals surface area contributed by atoms with Crippen molar-refractivity contribution in [1.82, 2.24) is 10.1 Å². The summed E-state index contributed by atoms with van der Waals surface area (Å²) in [5.41, 5.74) is 4.02. The number of hydrogen-bond acceptors (Lipinski definition) is 5. The number of carbonyl (C=O) groups excluding carboxylic acids is 1. The molecular weight excluding hydrogens is 346 g/mol. The number of carbonyl (C=O) groups is 1. The Hall–Kier alpha value is -2.60. The second kappa shape index (κ2) is 8.19. The molecule has 1 N–H and O–H groups in total. The summed E-state index contributed by atoms with van der Waals surface area (Å²) < 4.78 is 5.30. The van der Waals surface area contributed by atoms with E-state index in [9.17, 15) is 4.79 Å². The van der Waals surface area contributed by atoms with Gasteiger partial charge in [-0.15, -0.1) is 11.8 Å². The van der Waals surface area contributed by atoms with Gasteiger partial charge in [0.05, 0.1) is 11.0 Å². The summed E-state index contributed by atoms with van der Waals surface area (Å²) in [5.74, 6) is 1.53. The zero-order chi connectivity index (χ0) is 18.5. The number of hydrogen-bond donors (Lipinski definition) is 1. The highest BCUT2D eigenvalue weighted by Crippen LogP contribution is 2.22. The molecule has 26 heavy (non-hydrogen) atoms. The fourth-order valence-corrected chi connectivity index (χ4v) is 3.09. The number of aryl methyl sites for hydroxylation is 2. The van der Waals surface area contributed by atoms with E-state index < -0.39 is 0 Å². The van der Waals surface area contributed by atoms with E-state index in [-0.39, 0.29) is 11.2 Å². The van der Waals surface area contributed by atoms with E-state index >= 15 is 0 Å². The molecule has 0 spiro atoms. The van der Waals surface area contributed by atoms with Crippen LogP contribution in [0.1, 0.15) is 23.9 Å². The van der Waals surface area contributed by atoms with Gasteiger partial charge in [0.15, 0.2) is 0 Å². The van der Waals surface area contributed by atoms with Crippen LogP contribution >= 0.6 is 11.8 Å². The van der Waals surface area contributed by atoms with Gasteiger partial charge in [-0.1, -0.05) is 47.1 Å². The highest BCUT2D eigenvalue weighted by Gasteiger charge is 2.16. The number of benzene rings is 2. The third kappa shape index (κ3) is 4.73. The maximum Gasteiger partial charge on any atom is 0.237 e. The molecule has 1 heterocycles. The molecule has 2 aromatic carbocycles. The fourth-order valence-electron chi connectivity index (χ4n) is 2.37. The van der Waals surface area contributed by atoms with Crippen molar-refractivity contribution in [2.45, 2.75) is 31.8 Å². The fraction of sp³-hybridized carbons (Fsp3) is 0.250. The molecule has 0 saturated heterocycles. The van der Waals surface area contributed by atoms with Crippen LogP contribution in [-0.2, 0) is 10.5 Å². The van der Waals surface area contributed by atoms with Crippen LogP contribution in [0.15, 0.2) is 53.1 Å². The van der Waals surface area contributed by atoms with Crippen LogP contribution in [0.2, 0.25) is 0 Å². The van der Waals surface area contributed by atoms with E-state index in [1.807, 2.05) is 69.3 Å². The minimum absolute atomic E-state index is 0.0427. The molecule has 0 aliphatic carbocycles. The Morgan fingerprint density at radius 1 is 1.15 bits per heavy atom. The molecule has 0 radical (unpaired) electrons. The van der Waals surface area contributed by atoms with Crippen molar-refractivity contribution in [2.75, 3.05) is 5.32 Å². The Morgan fingerprint density at radius 2 is 1.92 bits per heavy atom. The number of amides is 1. The maximum absolute atomic E-state index is 12.3. The maximum atomic E-state index is 12.3. The zero-order valence-corrected chi connectivity index (χ0v) is 15.8. The van der Waals surface area contributed by atoms with Gasteiger partial charge in [0.1, 0.15) is 0 Å². The standard InChI is InChI=1S/C20H21N3O2S/c1-13-7-9-16(10-8-13)19-22-18(25-23-19)12-26-15(3)20(24)21-17-6-4-5-14(2)11-17/h4-11,15H,12H2,1-3H3,(H,21,24). The van der Waals surface area contributed by atoms with Gasteiger partial charge >= 0.3 is 0 Å². The quantitative estimate of drug-likeness (QED) is 0.689. The van der Waals surface area contributed by atoms with Crippen LogP contribution in [0.4, 0.5) is 5.69 Å². The first kappa shape index (κ1) is 18.2. The first-order chi connectivity index (χ1) is 12.5. The Kier molecular flexibility index (Phi) is 5.73. The molecule has 1 atom stereocenters. The SMILES string of the molecule is Cc1ccc(-c2noc(CSC(C)C(=O)Nc3cccc(C)c3)n2)cc1. The molecule has 6 heteroatoms. The lowest BCUT2D eigenvalue weighted by atomic mass is 10.1. The largest absolute Gasteiger partial charge is 0.338 e. The van der Waals surface area contributed by atoms with E-state index in [4.69, 9.17) is 4.52 Å². The van der Waals surface area contributed by atoms with Gasteiger partial charge in [-0.25, -0.2) is 0 Å². The highest BCUT2D eigenvalue weighted by atomic mass is 32.2. The average Bonchev–Trinajstić information content (AvgIpc) is 3.09. The first-order valence-electron chi connectivity index (χ1n) is 8.40. The molecule has 0 saturated carbocycles. The number of thioether (sulfide) groups is 1. The molecule has 1 unspecified atom stereocenters. The summed E-state index contributed by atoms with van der Waals surface area (Å²) in [4.78, 5) is 16.7. The van der Waals surface area contributed by atoms with Crippen molar-refractivity contribution in [2.24, 2.45) is 0 Å².